The molecule has 1 unspecified atom stereocenters. The van der Waals surface area contributed by atoms with Gasteiger partial charge in [-0.05, 0) is 18.6 Å². The highest BCUT2D eigenvalue weighted by atomic mass is 16.3. The molecule has 2 N–H and O–H groups in total. The van der Waals surface area contributed by atoms with E-state index in [0.717, 1.165) is 16.9 Å². The molecule has 0 radical (unpaired) electrons. The van der Waals surface area contributed by atoms with Gasteiger partial charge in [-0.15, -0.1) is 0 Å². The predicted octanol–water partition coefficient (Wildman–Crippen LogP) is 1.77. The first kappa shape index (κ1) is 10.7. The highest BCUT2D eigenvalue weighted by Gasteiger charge is 2.06. The van der Waals surface area contributed by atoms with Crippen molar-refractivity contribution < 1.29 is 5.11 Å². The Morgan fingerprint density at radius 3 is 3.00 bits per heavy atom. The number of nitriles is 1. The zero-order chi connectivity index (χ0) is 11.4. The van der Waals surface area contributed by atoms with Crippen LogP contribution in [0.2, 0.25) is 0 Å². The van der Waals surface area contributed by atoms with Crippen LogP contribution in [0.15, 0.2) is 24.3 Å². The van der Waals surface area contributed by atoms with Crippen LogP contribution in [0.3, 0.4) is 0 Å². The Morgan fingerprint density at radius 1 is 1.44 bits per heavy atom. The highest BCUT2D eigenvalue weighted by Crippen LogP contribution is 2.12. The Kier molecular flexibility index (Phi) is 3.18. The number of aliphatic hydroxyl groups excluding tert-OH is 1. The Bertz CT molecular complexity index is 479. The van der Waals surface area contributed by atoms with Crippen LogP contribution in [-0.4, -0.2) is 21.2 Å². The van der Waals surface area contributed by atoms with Crippen LogP contribution in [0.4, 0.5) is 0 Å². The van der Waals surface area contributed by atoms with Crippen LogP contribution in [-0.2, 0) is 6.42 Å². The van der Waals surface area contributed by atoms with Gasteiger partial charge in [0.05, 0.1) is 29.6 Å². The molecule has 16 heavy (non-hydrogen) atoms. The lowest BCUT2D eigenvalue weighted by Crippen LogP contribution is -2.07. The molecule has 1 aromatic carbocycles. The van der Waals surface area contributed by atoms with E-state index in [2.05, 4.69) is 9.97 Å². The van der Waals surface area contributed by atoms with Crippen LogP contribution in [0, 0.1) is 11.3 Å². The summed E-state index contributed by atoms with van der Waals surface area (Å²) in [7, 11) is 0. The number of aryl methyl sites for hydroxylation is 1. The van der Waals surface area contributed by atoms with Crippen molar-refractivity contribution in [3.8, 4) is 6.07 Å². The Labute approximate surface area is 93.6 Å². The van der Waals surface area contributed by atoms with Crippen LogP contribution < -0.4 is 0 Å². The first-order valence-electron chi connectivity index (χ1n) is 5.28. The largest absolute Gasteiger partial charge is 0.392 e. The SMILES string of the molecule is N#CCC(O)CCc1nc2ccccc2[nH]1. The fraction of sp³-hybridized carbons (Fsp3) is 0.333. The summed E-state index contributed by atoms with van der Waals surface area (Å²) >= 11 is 0. The molecule has 0 bridgehead atoms. The maximum atomic E-state index is 9.42. The summed E-state index contributed by atoms with van der Waals surface area (Å²) in [5.41, 5.74) is 1.94. The standard InChI is InChI=1S/C12H13N3O/c13-8-7-9(16)5-6-12-14-10-3-1-2-4-11(10)15-12/h1-4,9,16H,5-7H2,(H,14,15). The smallest absolute Gasteiger partial charge is 0.107 e. The number of hydrogen-bond donors (Lipinski definition) is 2. The van der Waals surface area contributed by atoms with E-state index in [1.165, 1.54) is 0 Å². The average molecular weight is 215 g/mol. The number of aromatic nitrogens is 2. The number of fused-ring (bicyclic) bond motifs is 1. The van der Waals surface area contributed by atoms with Crippen LogP contribution >= 0.6 is 0 Å². The second-order valence-electron chi connectivity index (χ2n) is 3.76. The van der Waals surface area contributed by atoms with Crippen LogP contribution in [0.5, 0.6) is 0 Å². The molecule has 0 saturated carbocycles. The summed E-state index contributed by atoms with van der Waals surface area (Å²) in [5, 5.41) is 17.8. The lowest BCUT2D eigenvalue weighted by Gasteiger charge is -2.03. The molecule has 1 heterocycles. The number of benzene rings is 1. The number of aliphatic hydroxyl groups is 1. The zero-order valence-electron chi connectivity index (χ0n) is 8.85. The van der Waals surface area contributed by atoms with E-state index < -0.39 is 6.10 Å². The van der Waals surface area contributed by atoms with E-state index in [4.69, 9.17) is 5.26 Å². The topological polar surface area (TPSA) is 72.7 Å². The van der Waals surface area contributed by atoms with Crippen molar-refractivity contribution in [3.05, 3.63) is 30.1 Å². The quantitative estimate of drug-likeness (QED) is 0.816. The molecular weight excluding hydrogens is 202 g/mol. The van der Waals surface area contributed by atoms with E-state index in [1.807, 2.05) is 30.3 Å². The molecule has 4 heteroatoms. The van der Waals surface area contributed by atoms with Crippen molar-refractivity contribution in [1.82, 2.24) is 9.97 Å². The van der Waals surface area contributed by atoms with E-state index in [9.17, 15) is 5.11 Å². The molecule has 2 aromatic rings. The maximum absolute atomic E-state index is 9.42. The van der Waals surface area contributed by atoms with E-state index in [-0.39, 0.29) is 6.42 Å². The molecule has 1 atom stereocenters. The molecule has 0 aliphatic rings. The second kappa shape index (κ2) is 4.77. The number of nitrogens with one attached hydrogen (secondary N) is 1. The third-order valence-corrected chi connectivity index (χ3v) is 2.48. The minimum atomic E-state index is -0.557. The highest BCUT2D eigenvalue weighted by molar-refractivity contribution is 5.74. The first-order valence-corrected chi connectivity index (χ1v) is 5.28. The second-order valence-corrected chi connectivity index (χ2v) is 3.76. The first-order chi connectivity index (χ1) is 7.79. The van der Waals surface area contributed by atoms with Crippen molar-refractivity contribution in [2.45, 2.75) is 25.4 Å². The number of nitrogens with zero attached hydrogens (tertiary/aromatic N) is 2. The third-order valence-electron chi connectivity index (χ3n) is 2.48. The summed E-state index contributed by atoms with van der Waals surface area (Å²) in [6, 6.07) is 9.76. The Morgan fingerprint density at radius 2 is 2.25 bits per heavy atom. The van der Waals surface area contributed by atoms with Crippen molar-refractivity contribution in [1.29, 1.82) is 5.26 Å². The summed E-state index contributed by atoms with van der Waals surface area (Å²) in [6.07, 6.45) is 0.851. The van der Waals surface area contributed by atoms with Gasteiger partial charge in [0, 0.05) is 6.42 Å². The van der Waals surface area contributed by atoms with Gasteiger partial charge in [-0.2, -0.15) is 5.26 Å². The molecule has 4 nitrogen and oxygen atoms in total. The number of H-pyrrole nitrogens is 1. The van der Waals surface area contributed by atoms with Crippen LogP contribution in [0.1, 0.15) is 18.7 Å². The molecule has 0 aliphatic carbocycles. The van der Waals surface area contributed by atoms with Gasteiger partial charge in [-0.1, -0.05) is 12.1 Å². The van der Waals surface area contributed by atoms with Crippen LogP contribution in [0.25, 0.3) is 11.0 Å². The van der Waals surface area contributed by atoms with Crippen molar-refractivity contribution in [2.75, 3.05) is 0 Å². The van der Waals surface area contributed by atoms with Gasteiger partial charge in [-0.25, -0.2) is 4.98 Å². The lowest BCUT2D eigenvalue weighted by molar-refractivity contribution is 0.169. The molecule has 1 aromatic heterocycles. The van der Waals surface area contributed by atoms with Gasteiger partial charge in [-0.3, -0.25) is 0 Å². The van der Waals surface area contributed by atoms with Gasteiger partial charge in [0.15, 0.2) is 0 Å². The van der Waals surface area contributed by atoms with Gasteiger partial charge >= 0.3 is 0 Å². The monoisotopic (exact) mass is 215 g/mol. The summed E-state index contributed by atoms with van der Waals surface area (Å²) < 4.78 is 0. The average Bonchev–Trinajstić information content (AvgIpc) is 2.69. The van der Waals surface area contributed by atoms with Gasteiger partial charge in [0.2, 0.25) is 0 Å². The minimum absolute atomic E-state index is 0.181. The van der Waals surface area contributed by atoms with Gasteiger partial charge in [0.1, 0.15) is 5.82 Å². The van der Waals surface area contributed by atoms with Crippen molar-refractivity contribution in [2.24, 2.45) is 0 Å². The Balaban J connectivity index is 2.02. The fourth-order valence-corrected chi connectivity index (χ4v) is 1.63. The van der Waals surface area contributed by atoms with Gasteiger partial charge < -0.3 is 10.1 Å². The normalized spacial score (nSPS) is 12.5. The summed E-state index contributed by atoms with van der Waals surface area (Å²) in [4.78, 5) is 7.58. The molecule has 0 amide bonds. The van der Waals surface area contributed by atoms with Crippen molar-refractivity contribution >= 4 is 11.0 Å². The van der Waals surface area contributed by atoms with E-state index in [0.29, 0.717) is 12.8 Å². The zero-order valence-corrected chi connectivity index (χ0v) is 8.85. The molecule has 0 aliphatic heterocycles. The number of rotatable bonds is 4. The molecule has 0 spiro atoms. The minimum Gasteiger partial charge on any atom is -0.392 e. The number of imidazole rings is 1. The third kappa shape index (κ3) is 2.38. The summed E-state index contributed by atoms with van der Waals surface area (Å²) in [6.45, 7) is 0. The number of para-hydroxylation sites is 2. The molecule has 2 rings (SSSR count). The van der Waals surface area contributed by atoms with E-state index >= 15 is 0 Å². The molecular formula is C12H13N3O. The number of aromatic amines is 1. The fourth-order valence-electron chi connectivity index (χ4n) is 1.63. The molecule has 82 valence electrons. The lowest BCUT2D eigenvalue weighted by atomic mass is 10.1. The van der Waals surface area contributed by atoms with Crippen molar-refractivity contribution in [3.63, 3.8) is 0 Å². The van der Waals surface area contributed by atoms with E-state index in [1.54, 1.807) is 0 Å². The molecule has 0 fully saturated rings. The predicted molar refractivity (Wildman–Crippen MR) is 60.7 cm³/mol. The van der Waals surface area contributed by atoms with Gasteiger partial charge in [0.25, 0.3) is 0 Å². The molecule has 0 saturated heterocycles. The Hall–Kier alpha value is -1.86. The maximum Gasteiger partial charge on any atom is 0.107 e. The number of hydrogen-bond acceptors (Lipinski definition) is 3. The summed E-state index contributed by atoms with van der Waals surface area (Å²) in [5.74, 6) is 0.859.